The van der Waals surface area contributed by atoms with Crippen LogP contribution in [-0.2, 0) is 19.6 Å². The number of hydrogen-bond donors (Lipinski definition) is 3. The summed E-state index contributed by atoms with van der Waals surface area (Å²) in [5.41, 5.74) is 5.24. The normalized spacial score (nSPS) is 11.9. The van der Waals surface area contributed by atoms with Crippen LogP contribution in [0.3, 0.4) is 0 Å². The van der Waals surface area contributed by atoms with Crippen LogP contribution in [0.15, 0.2) is 59.5 Å². The quantitative estimate of drug-likeness (QED) is 0.632. The maximum atomic E-state index is 12.3. The zero-order valence-corrected chi connectivity index (χ0v) is 15.0. The van der Waals surface area contributed by atoms with Crippen molar-refractivity contribution >= 4 is 33.6 Å². The zero-order valence-electron chi connectivity index (χ0n) is 14.2. The first-order chi connectivity index (χ1) is 12.7. The van der Waals surface area contributed by atoms with Crippen LogP contribution in [0.5, 0.6) is 0 Å². The Kier molecular flexibility index (Phi) is 6.14. The van der Waals surface area contributed by atoms with Crippen molar-refractivity contribution in [1.29, 1.82) is 0 Å². The Morgan fingerprint density at radius 2 is 1.59 bits per heavy atom. The van der Waals surface area contributed by atoms with Crippen LogP contribution < -0.4 is 15.8 Å². The number of para-hydroxylation sites is 1. The zero-order chi connectivity index (χ0) is 20.0. The van der Waals surface area contributed by atoms with E-state index in [0.29, 0.717) is 5.69 Å². The molecule has 0 spiro atoms. The molecule has 0 aliphatic heterocycles. The van der Waals surface area contributed by atoms with Gasteiger partial charge in [-0.3, -0.25) is 14.8 Å². The molecular formula is C17H17N3O6S. The van der Waals surface area contributed by atoms with E-state index >= 15 is 0 Å². The first-order valence-electron chi connectivity index (χ1n) is 7.68. The predicted octanol–water partition coefficient (Wildman–Crippen LogP) is 1.23. The Morgan fingerprint density at radius 1 is 1.00 bits per heavy atom. The second kappa shape index (κ2) is 8.32. The molecule has 1 atom stereocenters. The molecule has 9 nitrogen and oxygen atoms in total. The summed E-state index contributed by atoms with van der Waals surface area (Å²) in [5.74, 6) is -1.73. The van der Waals surface area contributed by atoms with Crippen LogP contribution in [0.1, 0.15) is 17.3 Å². The molecule has 0 saturated carbocycles. The minimum Gasteiger partial charge on any atom is -0.449 e. The van der Waals surface area contributed by atoms with Crippen LogP contribution in [0.4, 0.5) is 10.5 Å². The van der Waals surface area contributed by atoms with Crippen molar-refractivity contribution in [2.45, 2.75) is 17.9 Å². The number of nitrogens with two attached hydrogens (primary N) is 1. The van der Waals surface area contributed by atoms with Crippen molar-refractivity contribution in [3.63, 3.8) is 0 Å². The molecular weight excluding hydrogens is 374 g/mol. The number of sulfonamides is 1. The van der Waals surface area contributed by atoms with Gasteiger partial charge in [-0.2, -0.15) is 0 Å². The van der Waals surface area contributed by atoms with Gasteiger partial charge in [-0.25, -0.2) is 18.0 Å². The molecule has 2 aromatic rings. The first kappa shape index (κ1) is 19.9. The number of urea groups is 1. The summed E-state index contributed by atoms with van der Waals surface area (Å²) in [4.78, 5) is 34.1. The van der Waals surface area contributed by atoms with Gasteiger partial charge in [0.2, 0.25) is 0 Å². The third-order valence-electron chi connectivity index (χ3n) is 3.33. The molecule has 0 aliphatic carbocycles. The number of carbonyl (C=O) groups is 3. The van der Waals surface area contributed by atoms with Gasteiger partial charge in [0, 0.05) is 5.69 Å². The van der Waals surface area contributed by atoms with Crippen molar-refractivity contribution in [3.05, 3.63) is 60.2 Å². The number of hydrogen-bond acceptors (Lipinski definition) is 6. The minimum atomic E-state index is -3.82. The SMILES string of the molecule is CC(OC(=O)c1ccc(S(=O)(=O)Nc2ccccc2)cc1)C(=O)NC(N)=O. The van der Waals surface area contributed by atoms with Crippen LogP contribution in [0.2, 0.25) is 0 Å². The van der Waals surface area contributed by atoms with E-state index in [1.54, 1.807) is 35.6 Å². The van der Waals surface area contributed by atoms with Crippen LogP contribution in [0.25, 0.3) is 0 Å². The Morgan fingerprint density at radius 3 is 2.15 bits per heavy atom. The molecule has 0 aromatic heterocycles. The van der Waals surface area contributed by atoms with E-state index in [9.17, 15) is 22.8 Å². The maximum Gasteiger partial charge on any atom is 0.338 e. The fourth-order valence-corrected chi connectivity index (χ4v) is 3.05. The van der Waals surface area contributed by atoms with E-state index in [2.05, 4.69) is 4.72 Å². The molecule has 0 bridgehead atoms. The summed E-state index contributed by atoms with van der Waals surface area (Å²) in [6.45, 7) is 1.26. The van der Waals surface area contributed by atoms with Gasteiger partial charge >= 0.3 is 12.0 Å². The number of nitrogens with one attached hydrogen (secondary N) is 2. The highest BCUT2D eigenvalue weighted by Gasteiger charge is 2.21. The van der Waals surface area contributed by atoms with Crippen molar-refractivity contribution in [1.82, 2.24) is 5.32 Å². The average molecular weight is 391 g/mol. The van der Waals surface area contributed by atoms with Crippen LogP contribution in [0, 0.1) is 0 Å². The number of carbonyl (C=O) groups excluding carboxylic acids is 3. The van der Waals surface area contributed by atoms with Crippen LogP contribution >= 0.6 is 0 Å². The molecule has 0 fully saturated rings. The topological polar surface area (TPSA) is 145 Å². The molecule has 0 saturated heterocycles. The van der Waals surface area contributed by atoms with E-state index in [-0.39, 0.29) is 10.5 Å². The van der Waals surface area contributed by atoms with Crippen molar-refractivity contribution in [3.8, 4) is 0 Å². The highest BCUT2D eigenvalue weighted by Crippen LogP contribution is 2.17. The third kappa shape index (κ3) is 5.54. The number of esters is 1. The Bertz CT molecular complexity index is 942. The highest BCUT2D eigenvalue weighted by molar-refractivity contribution is 7.92. The first-order valence-corrected chi connectivity index (χ1v) is 9.16. The molecule has 0 radical (unpaired) electrons. The summed E-state index contributed by atoms with van der Waals surface area (Å²) in [5, 5.41) is 1.79. The highest BCUT2D eigenvalue weighted by atomic mass is 32.2. The standard InChI is InChI=1S/C17H17N3O6S/c1-11(15(21)19-17(18)23)26-16(22)12-7-9-14(10-8-12)27(24,25)20-13-5-3-2-4-6-13/h2-11,20H,1H3,(H3,18,19,21,23). The van der Waals surface area contributed by atoms with Gasteiger partial charge in [0.05, 0.1) is 10.5 Å². The summed E-state index contributed by atoms with van der Waals surface area (Å²) in [7, 11) is -3.82. The smallest absolute Gasteiger partial charge is 0.338 e. The fraction of sp³-hybridized carbons (Fsp3) is 0.118. The van der Waals surface area contributed by atoms with Gasteiger partial charge in [-0.15, -0.1) is 0 Å². The molecule has 10 heteroatoms. The number of primary amides is 1. The summed E-state index contributed by atoms with van der Waals surface area (Å²) in [6.07, 6.45) is -1.26. The largest absolute Gasteiger partial charge is 0.449 e. The predicted molar refractivity (Wildman–Crippen MR) is 96.3 cm³/mol. The minimum absolute atomic E-state index is 0.0346. The second-order valence-electron chi connectivity index (χ2n) is 5.40. The molecule has 3 amide bonds. The Balaban J connectivity index is 2.06. The van der Waals surface area contributed by atoms with Crippen LogP contribution in [-0.4, -0.2) is 32.4 Å². The van der Waals surface area contributed by atoms with Gasteiger partial charge in [0.15, 0.2) is 6.10 Å². The van der Waals surface area contributed by atoms with Crippen molar-refractivity contribution < 1.29 is 27.5 Å². The number of anilines is 1. The van der Waals surface area contributed by atoms with E-state index in [0.717, 1.165) is 0 Å². The lowest BCUT2D eigenvalue weighted by Gasteiger charge is -2.12. The van der Waals surface area contributed by atoms with Gasteiger partial charge < -0.3 is 10.5 Å². The van der Waals surface area contributed by atoms with Gasteiger partial charge in [0.1, 0.15) is 0 Å². The van der Waals surface area contributed by atoms with E-state index in [4.69, 9.17) is 10.5 Å². The van der Waals surface area contributed by atoms with Crippen molar-refractivity contribution in [2.24, 2.45) is 5.73 Å². The average Bonchev–Trinajstić information content (AvgIpc) is 2.61. The van der Waals surface area contributed by atoms with Gasteiger partial charge in [-0.05, 0) is 43.3 Å². The fourth-order valence-electron chi connectivity index (χ4n) is 2.00. The number of imide groups is 1. The van der Waals surface area contributed by atoms with E-state index < -0.39 is 34.0 Å². The van der Waals surface area contributed by atoms with E-state index in [1.165, 1.54) is 31.2 Å². The lowest BCUT2D eigenvalue weighted by atomic mass is 10.2. The monoisotopic (exact) mass is 391 g/mol. The number of rotatable bonds is 6. The summed E-state index contributed by atoms with van der Waals surface area (Å²) in [6, 6.07) is 12.2. The molecule has 0 aliphatic rings. The van der Waals surface area contributed by atoms with Gasteiger partial charge in [0.25, 0.3) is 15.9 Å². The van der Waals surface area contributed by atoms with Crippen molar-refractivity contribution in [2.75, 3.05) is 4.72 Å². The molecule has 1 unspecified atom stereocenters. The molecule has 2 aromatic carbocycles. The van der Waals surface area contributed by atoms with Gasteiger partial charge in [-0.1, -0.05) is 18.2 Å². The molecule has 27 heavy (non-hydrogen) atoms. The molecule has 4 N–H and O–H groups in total. The lowest BCUT2D eigenvalue weighted by Crippen LogP contribution is -2.42. The summed E-state index contributed by atoms with van der Waals surface area (Å²) < 4.78 is 32.0. The lowest BCUT2D eigenvalue weighted by molar-refractivity contribution is -0.127. The Hall–Kier alpha value is -3.40. The molecule has 0 heterocycles. The Labute approximate surface area is 155 Å². The number of ether oxygens (including phenoxy) is 1. The second-order valence-corrected chi connectivity index (χ2v) is 7.08. The third-order valence-corrected chi connectivity index (χ3v) is 4.72. The van der Waals surface area contributed by atoms with E-state index in [1.807, 2.05) is 0 Å². The molecule has 142 valence electrons. The molecule has 2 rings (SSSR count). The summed E-state index contributed by atoms with van der Waals surface area (Å²) >= 11 is 0. The maximum absolute atomic E-state index is 12.3. The number of benzene rings is 2. The number of amides is 3.